The minimum absolute atomic E-state index is 0.357. The van der Waals surface area contributed by atoms with Gasteiger partial charge in [0.1, 0.15) is 0 Å². The van der Waals surface area contributed by atoms with Crippen LogP contribution in [0, 0.1) is 12.3 Å². The van der Waals surface area contributed by atoms with Crippen molar-refractivity contribution in [1.29, 1.82) is 0 Å². The third-order valence-electron chi connectivity index (χ3n) is 3.01. The molecule has 0 radical (unpaired) electrons. The van der Waals surface area contributed by atoms with Gasteiger partial charge < -0.3 is 10.1 Å². The molecular formula is C16H29NOS. The molecule has 1 aromatic rings. The standard InChI is InChI=1S/C16H29NOS/c1-12(2)17-10-15-9-14(13(3)19-15)11-18-8-7-16(4,5)6/h9,12,17H,7-8,10-11H2,1-6H3. The van der Waals surface area contributed by atoms with E-state index in [4.69, 9.17) is 4.74 Å². The van der Waals surface area contributed by atoms with E-state index in [1.165, 1.54) is 15.3 Å². The predicted molar refractivity (Wildman–Crippen MR) is 84.8 cm³/mol. The van der Waals surface area contributed by atoms with Crippen LogP contribution in [0.5, 0.6) is 0 Å². The van der Waals surface area contributed by atoms with E-state index in [9.17, 15) is 0 Å². The lowest BCUT2D eigenvalue weighted by Crippen LogP contribution is -2.21. The second kappa shape index (κ2) is 7.41. The van der Waals surface area contributed by atoms with Crippen molar-refractivity contribution < 1.29 is 4.74 Å². The average Bonchev–Trinajstić information content (AvgIpc) is 2.62. The summed E-state index contributed by atoms with van der Waals surface area (Å²) >= 11 is 1.88. The van der Waals surface area contributed by atoms with Gasteiger partial charge in [-0.15, -0.1) is 11.3 Å². The van der Waals surface area contributed by atoms with Gasteiger partial charge in [0.15, 0.2) is 0 Å². The molecule has 1 aromatic heterocycles. The van der Waals surface area contributed by atoms with Gasteiger partial charge in [-0.1, -0.05) is 34.6 Å². The lowest BCUT2D eigenvalue weighted by molar-refractivity contribution is 0.0961. The highest BCUT2D eigenvalue weighted by Gasteiger charge is 2.10. The number of hydrogen-bond donors (Lipinski definition) is 1. The maximum Gasteiger partial charge on any atom is 0.0727 e. The van der Waals surface area contributed by atoms with Crippen molar-refractivity contribution in [2.45, 2.75) is 67.2 Å². The molecular weight excluding hydrogens is 254 g/mol. The normalized spacial score (nSPS) is 12.4. The number of nitrogens with one attached hydrogen (secondary N) is 1. The molecule has 1 heterocycles. The maximum absolute atomic E-state index is 5.80. The van der Waals surface area contributed by atoms with Crippen molar-refractivity contribution in [2.24, 2.45) is 5.41 Å². The summed E-state index contributed by atoms with van der Waals surface area (Å²) in [4.78, 5) is 2.79. The minimum Gasteiger partial charge on any atom is -0.377 e. The smallest absolute Gasteiger partial charge is 0.0727 e. The Balaban J connectivity index is 2.37. The van der Waals surface area contributed by atoms with E-state index in [1.54, 1.807) is 0 Å². The fraction of sp³-hybridized carbons (Fsp3) is 0.750. The highest BCUT2D eigenvalue weighted by Crippen LogP contribution is 2.23. The molecule has 0 aliphatic rings. The molecule has 0 saturated heterocycles. The van der Waals surface area contributed by atoms with Crippen LogP contribution >= 0.6 is 11.3 Å². The van der Waals surface area contributed by atoms with Gasteiger partial charge in [-0.2, -0.15) is 0 Å². The van der Waals surface area contributed by atoms with Crippen LogP contribution in [0.2, 0.25) is 0 Å². The second-order valence-electron chi connectivity index (χ2n) is 6.69. The predicted octanol–water partition coefficient (Wildman–Crippen LogP) is 4.51. The molecule has 110 valence electrons. The molecule has 0 fully saturated rings. The van der Waals surface area contributed by atoms with Crippen molar-refractivity contribution in [1.82, 2.24) is 5.32 Å². The number of rotatable bonds is 7. The molecule has 1 N–H and O–H groups in total. The zero-order valence-corrected chi connectivity index (χ0v) is 14.1. The average molecular weight is 283 g/mol. The lowest BCUT2D eigenvalue weighted by atomic mass is 9.93. The summed E-state index contributed by atoms with van der Waals surface area (Å²) < 4.78 is 5.80. The summed E-state index contributed by atoms with van der Waals surface area (Å²) in [5.74, 6) is 0. The van der Waals surface area contributed by atoms with Crippen LogP contribution in [0.1, 0.15) is 56.4 Å². The summed E-state index contributed by atoms with van der Waals surface area (Å²) in [5.41, 5.74) is 1.70. The van der Waals surface area contributed by atoms with Gasteiger partial charge in [-0.05, 0) is 30.4 Å². The Hall–Kier alpha value is -0.380. The van der Waals surface area contributed by atoms with Crippen molar-refractivity contribution >= 4 is 11.3 Å². The summed E-state index contributed by atoms with van der Waals surface area (Å²) in [6.07, 6.45) is 1.11. The van der Waals surface area contributed by atoms with Gasteiger partial charge in [0.2, 0.25) is 0 Å². The van der Waals surface area contributed by atoms with E-state index < -0.39 is 0 Å². The Morgan fingerprint density at radius 1 is 1.32 bits per heavy atom. The van der Waals surface area contributed by atoms with Crippen LogP contribution in [0.25, 0.3) is 0 Å². The van der Waals surface area contributed by atoms with Crippen LogP contribution < -0.4 is 5.32 Å². The van der Waals surface area contributed by atoms with E-state index in [0.717, 1.165) is 26.2 Å². The Labute approximate surface area is 122 Å². The summed E-state index contributed by atoms with van der Waals surface area (Å²) in [5, 5.41) is 3.46. The monoisotopic (exact) mass is 283 g/mol. The maximum atomic E-state index is 5.80. The first-order valence-electron chi connectivity index (χ1n) is 7.17. The largest absolute Gasteiger partial charge is 0.377 e. The van der Waals surface area contributed by atoms with Crippen molar-refractivity contribution in [3.63, 3.8) is 0 Å². The highest BCUT2D eigenvalue weighted by molar-refractivity contribution is 7.12. The quantitative estimate of drug-likeness (QED) is 0.744. The first-order valence-corrected chi connectivity index (χ1v) is 7.99. The molecule has 0 unspecified atom stereocenters. The lowest BCUT2D eigenvalue weighted by Gasteiger charge is -2.17. The molecule has 0 aliphatic carbocycles. The zero-order valence-electron chi connectivity index (χ0n) is 13.3. The third kappa shape index (κ3) is 7.09. The number of aryl methyl sites for hydroxylation is 1. The second-order valence-corrected chi connectivity index (χ2v) is 8.03. The van der Waals surface area contributed by atoms with Crippen LogP contribution in [-0.2, 0) is 17.9 Å². The summed E-state index contributed by atoms with van der Waals surface area (Å²) in [6.45, 7) is 15.9. The number of thiophene rings is 1. The number of ether oxygens (including phenoxy) is 1. The molecule has 0 bridgehead atoms. The number of hydrogen-bond acceptors (Lipinski definition) is 3. The van der Waals surface area contributed by atoms with Gasteiger partial charge in [-0.25, -0.2) is 0 Å². The first kappa shape index (κ1) is 16.7. The van der Waals surface area contributed by atoms with Crippen LogP contribution in [0.4, 0.5) is 0 Å². The molecule has 3 heteroatoms. The highest BCUT2D eigenvalue weighted by atomic mass is 32.1. The van der Waals surface area contributed by atoms with Crippen molar-refractivity contribution in [3.8, 4) is 0 Å². The molecule has 0 amide bonds. The minimum atomic E-state index is 0.357. The van der Waals surface area contributed by atoms with E-state index in [-0.39, 0.29) is 0 Å². The molecule has 0 saturated carbocycles. The molecule has 19 heavy (non-hydrogen) atoms. The first-order chi connectivity index (χ1) is 8.78. The Morgan fingerprint density at radius 3 is 2.58 bits per heavy atom. The van der Waals surface area contributed by atoms with E-state index >= 15 is 0 Å². The third-order valence-corrected chi connectivity index (χ3v) is 4.10. The van der Waals surface area contributed by atoms with E-state index in [0.29, 0.717) is 11.5 Å². The molecule has 1 rings (SSSR count). The zero-order chi connectivity index (χ0) is 14.5. The molecule has 0 atom stereocenters. The SMILES string of the molecule is Cc1sc(CNC(C)C)cc1COCCC(C)(C)C. The fourth-order valence-corrected chi connectivity index (χ4v) is 2.68. The summed E-state index contributed by atoms with van der Waals surface area (Å²) in [7, 11) is 0. The molecule has 0 spiro atoms. The molecule has 0 aromatic carbocycles. The topological polar surface area (TPSA) is 21.3 Å². The van der Waals surface area contributed by atoms with Gasteiger partial charge in [0.05, 0.1) is 6.61 Å². The Kier molecular flexibility index (Phi) is 6.51. The fourth-order valence-electron chi connectivity index (χ4n) is 1.68. The van der Waals surface area contributed by atoms with Gasteiger partial charge in [0.25, 0.3) is 0 Å². The van der Waals surface area contributed by atoms with Crippen LogP contribution in [-0.4, -0.2) is 12.6 Å². The van der Waals surface area contributed by atoms with Gasteiger partial charge in [-0.3, -0.25) is 0 Å². The van der Waals surface area contributed by atoms with Crippen LogP contribution in [0.15, 0.2) is 6.07 Å². The van der Waals surface area contributed by atoms with Crippen LogP contribution in [0.3, 0.4) is 0 Å². The molecule has 0 aliphatic heterocycles. The van der Waals surface area contributed by atoms with E-state index in [1.807, 2.05) is 11.3 Å². The Bertz CT molecular complexity index is 377. The van der Waals surface area contributed by atoms with Gasteiger partial charge in [0, 0.05) is 28.9 Å². The van der Waals surface area contributed by atoms with Crippen molar-refractivity contribution in [2.75, 3.05) is 6.61 Å². The van der Waals surface area contributed by atoms with E-state index in [2.05, 4.69) is 52.9 Å². The molecule has 2 nitrogen and oxygen atoms in total. The van der Waals surface area contributed by atoms with Crippen molar-refractivity contribution in [3.05, 3.63) is 21.4 Å². The van der Waals surface area contributed by atoms with Gasteiger partial charge >= 0.3 is 0 Å². The summed E-state index contributed by atoms with van der Waals surface area (Å²) in [6, 6.07) is 2.82. The Morgan fingerprint density at radius 2 is 2.00 bits per heavy atom.